The smallest absolute Gasteiger partial charge is 0.325 e. The largest absolute Gasteiger partial charge is 0.465 e. The number of esters is 1. The summed E-state index contributed by atoms with van der Waals surface area (Å²) >= 11 is 11.5. The van der Waals surface area contributed by atoms with E-state index < -0.39 is 5.97 Å². The standard InChI is InChI=1S/C12H16Cl2N2O3/c1-3-5-16(7-10(17)19-4-2)12(18)9-6-8(13)11(14)15-9/h6,15H,3-5,7H2,1-2H3. The SMILES string of the molecule is CCCN(CC(=O)OCC)C(=O)c1cc(Cl)c(Cl)[nH]1. The summed E-state index contributed by atoms with van der Waals surface area (Å²) in [6, 6.07) is 1.44. The zero-order valence-electron chi connectivity index (χ0n) is 10.8. The number of aromatic nitrogens is 1. The van der Waals surface area contributed by atoms with Gasteiger partial charge in [-0.15, -0.1) is 0 Å². The lowest BCUT2D eigenvalue weighted by molar-refractivity contribution is -0.143. The molecule has 0 aromatic carbocycles. The number of nitrogens with one attached hydrogen (secondary N) is 1. The lowest BCUT2D eigenvalue weighted by Crippen LogP contribution is -2.37. The van der Waals surface area contributed by atoms with Gasteiger partial charge in [0.25, 0.3) is 5.91 Å². The van der Waals surface area contributed by atoms with Crippen molar-refractivity contribution in [2.24, 2.45) is 0 Å². The van der Waals surface area contributed by atoms with Gasteiger partial charge in [0.15, 0.2) is 0 Å². The Morgan fingerprint density at radius 1 is 1.37 bits per heavy atom. The monoisotopic (exact) mass is 306 g/mol. The first kappa shape index (κ1) is 15.9. The van der Waals surface area contributed by atoms with Crippen LogP contribution in [0.3, 0.4) is 0 Å². The Morgan fingerprint density at radius 2 is 2.05 bits per heavy atom. The Hall–Kier alpha value is -1.20. The lowest BCUT2D eigenvalue weighted by atomic mass is 10.3. The highest BCUT2D eigenvalue weighted by Gasteiger charge is 2.21. The molecule has 1 heterocycles. The number of nitrogens with zero attached hydrogens (tertiary/aromatic N) is 1. The summed E-state index contributed by atoms with van der Waals surface area (Å²) in [7, 11) is 0. The fourth-order valence-electron chi connectivity index (χ4n) is 1.57. The molecule has 0 aliphatic rings. The third-order valence-corrected chi connectivity index (χ3v) is 3.05. The number of hydrogen-bond donors (Lipinski definition) is 1. The van der Waals surface area contributed by atoms with Crippen molar-refractivity contribution >= 4 is 35.1 Å². The Morgan fingerprint density at radius 3 is 2.53 bits per heavy atom. The minimum absolute atomic E-state index is 0.0885. The van der Waals surface area contributed by atoms with Crippen LogP contribution in [0.15, 0.2) is 6.07 Å². The van der Waals surface area contributed by atoms with Crippen LogP contribution < -0.4 is 0 Å². The second-order valence-corrected chi connectivity index (χ2v) is 4.66. The van der Waals surface area contributed by atoms with Crippen LogP contribution in [0.1, 0.15) is 30.8 Å². The van der Waals surface area contributed by atoms with Gasteiger partial charge >= 0.3 is 5.97 Å². The molecule has 1 amide bonds. The normalized spacial score (nSPS) is 10.3. The Kier molecular flexibility index (Phi) is 6.18. The number of carbonyl (C=O) groups excluding carboxylic acids is 2. The molecule has 0 saturated carbocycles. The summed E-state index contributed by atoms with van der Waals surface area (Å²) in [5.41, 5.74) is 0.257. The van der Waals surface area contributed by atoms with Crippen LogP contribution in [0.2, 0.25) is 10.2 Å². The van der Waals surface area contributed by atoms with E-state index >= 15 is 0 Å². The van der Waals surface area contributed by atoms with E-state index in [0.717, 1.165) is 6.42 Å². The number of amides is 1. The molecule has 1 N–H and O–H groups in total. The Balaban J connectivity index is 2.80. The van der Waals surface area contributed by atoms with Crippen molar-refractivity contribution in [3.8, 4) is 0 Å². The molecule has 0 bridgehead atoms. The summed E-state index contributed by atoms with van der Waals surface area (Å²) in [6.07, 6.45) is 0.729. The van der Waals surface area contributed by atoms with Crippen LogP contribution in [0.25, 0.3) is 0 Å². The van der Waals surface area contributed by atoms with Crippen LogP contribution in [-0.4, -0.2) is 41.5 Å². The second-order valence-electron chi connectivity index (χ2n) is 3.88. The molecule has 0 aliphatic heterocycles. The highest BCUT2D eigenvalue weighted by Crippen LogP contribution is 2.22. The zero-order valence-corrected chi connectivity index (χ0v) is 12.3. The van der Waals surface area contributed by atoms with Crippen LogP contribution in [0.5, 0.6) is 0 Å². The van der Waals surface area contributed by atoms with E-state index in [1.807, 2.05) is 6.92 Å². The molecule has 1 aromatic rings. The van der Waals surface area contributed by atoms with Crippen LogP contribution in [0.4, 0.5) is 0 Å². The fraction of sp³-hybridized carbons (Fsp3) is 0.500. The molecule has 0 atom stereocenters. The summed E-state index contributed by atoms with van der Waals surface area (Å²) in [6.45, 7) is 4.28. The van der Waals surface area contributed by atoms with E-state index in [0.29, 0.717) is 6.54 Å². The van der Waals surface area contributed by atoms with Gasteiger partial charge in [-0.25, -0.2) is 0 Å². The number of H-pyrrole nitrogens is 1. The van der Waals surface area contributed by atoms with Crippen molar-refractivity contribution in [3.63, 3.8) is 0 Å². The van der Waals surface area contributed by atoms with Gasteiger partial charge in [0, 0.05) is 6.54 Å². The topological polar surface area (TPSA) is 62.4 Å². The van der Waals surface area contributed by atoms with E-state index in [-0.39, 0.29) is 34.9 Å². The maximum absolute atomic E-state index is 12.2. The first-order valence-electron chi connectivity index (χ1n) is 5.98. The van der Waals surface area contributed by atoms with Crippen LogP contribution in [-0.2, 0) is 9.53 Å². The molecule has 1 rings (SSSR count). The van der Waals surface area contributed by atoms with Crippen molar-refractivity contribution in [2.75, 3.05) is 19.7 Å². The van der Waals surface area contributed by atoms with Gasteiger partial charge in [0.2, 0.25) is 0 Å². The molecule has 7 heteroatoms. The number of halogens is 2. The molecule has 1 aromatic heterocycles. The Labute approximate surface area is 121 Å². The molecule has 5 nitrogen and oxygen atoms in total. The molecular formula is C12H16Cl2N2O3. The predicted octanol–water partition coefficient (Wildman–Crippen LogP) is 2.74. The van der Waals surface area contributed by atoms with E-state index in [4.69, 9.17) is 27.9 Å². The van der Waals surface area contributed by atoms with Gasteiger partial charge in [-0.3, -0.25) is 9.59 Å². The molecule has 0 fully saturated rings. The highest BCUT2D eigenvalue weighted by molar-refractivity contribution is 6.41. The van der Waals surface area contributed by atoms with Gasteiger partial charge in [-0.1, -0.05) is 30.1 Å². The minimum atomic E-state index is -0.437. The fourth-order valence-corrected chi connectivity index (χ4v) is 1.89. The molecule has 0 radical (unpaired) electrons. The van der Waals surface area contributed by atoms with E-state index in [1.54, 1.807) is 6.92 Å². The molecule has 106 valence electrons. The first-order chi connectivity index (χ1) is 8.99. The number of hydrogen-bond acceptors (Lipinski definition) is 3. The number of carbonyl (C=O) groups is 2. The second kappa shape index (κ2) is 7.40. The molecule has 19 heavy (non-hydrogen) atoms. The van der Waals surface area contributed by atoms with E-state index in [2.05, 4.69) is 4.98 Å². The third kappa shape index (κ3) is 4.44. The minimum Gasteiger partial charge on any atom is -0.465 e. The zero-order chi connectivity index (χ0) is 14.4. The first-order valence-corrected chi connectivity index (χ1v) is 6.74. The molecule has 0 spiro atoms. The molecular weight excluding hydrogens is 291 g/mol. The quantitative estimate of drug-likeness (QED) is 0.822. The molecule has 0 aliphatic carbocycles. The van der Waals surface area contributed by atoms with E-state index in [1.165, 1.54) is 11.0 Å². The van der Waals surface area contributed by atoms with Crippen LogP contribution >= 0.6 is 23.2 Å². The average molecular weight is 307 g/mol. The third-order valence-electron chi connectivity index (χ3n) is 2.36. The maximum atomic E-state index is 12.2. The summed E-state index contributed by atoms with van der Waals surface area (Å²) in [5.74, 6) is -0.767. The summed E-state index contributed by atoms with van der Waals surface area (Å²) in [5, 5.41) is 0.482. The van der Waals surface area contributed by atoms with E-state index in [9.17, 15) is 9.59 Å². The highest BCUT2D eigenvalue weighted by atomic mass is 35.5. The van der Waals surface area contributed by atoms with Crippen molar-refractivity contribution in [1.29, 1.82) is 0 Å². The number of ether oxygens (including phenoxy) is 1. The molecule has 0 saturated heterocycles. The summed E-state index contributed by atoms with van der Waals surface area (Å²) in [4.78, 5) is 27.7. The molecule has 0 unspecified atom stereocenters. The van der Waals surface area contributed by atoms with Crippen molar-refractivity contribution in [3.05, 3.63) is 21.9 Å². The van der Waals surface area contributed by atoms with Gasteiger partial charge in [0.1, 0.15) is 17.4 Å². The van der Waals surface area contributed by atoms with Crippen LogP contribution in [0, 0.1) is 0 Å². The van der Waals surface area contributed by atoms with Gasteiger partial charge < -0.3 is 14.6 Å². The summed E-state index contributed by atoms with van der Waals surface area (Å²) < 4.78 is 4.84. The number of aromatic amines is 1. The lowest BCUT2D eigenvalue weighted by Gasteiger charge is -2.20. The van der Waals surface area contributed by atoms with Gasteiger partial charge in [-0.2, -0.15) is 0 Å². The van der Waals surface area contributed by atoms with Gasteiger partial charge in [-0.05, 0) is 19.4 Å². The van der Waals surface area contributed by atoms with Crippen molar-refractivity contribution in [2.45, 2.75) is 20.3 Å². The number of rotatable bonds is 6. The predicted molar refractivity (Wildman–Crippen MR) is 73.6 cm³/mol. The van der Waals surface area contributed by atoms with Crippen molar-refractivity contribution in [1.82, 2.24) is 9.88 Å². The maximum Gasteiger partial charge on any atom is 0.325 e. The Bertz CT molecular complexity index is 440. The average Bonchev–Trinajstić information content (AvgIpc) is 2.68. The van der Waals surface area contributed by atoms with Gasteiger partial charge in [0.05, 0.1) is 11.6 Å². The van der Waals surface area contributed by atoms with Crippen molar-refractivity contribution < 1.29 is 14.3 Å².